The van der Waals surface area contributed by atoms with Crippen LogP contribution in [0.25, 0.3) is 0 Å². The van der Waals surface area contributed by atoms with Crippen LogP contribution < -0.4 is 4.57 Å². The van der Waals surface area contributed by atoms with Crippen LogP contribution in [0.2, 0.25) is 0 Å². The minimum absolute atomic E-state index is 0.118. The Balaban J connectivity index is 0.000000383. The first kappa shape index (κ1) is 17.7. The number of nitrogens with zero attached hydrogens (tertiary/aromatic N) is 3. The number of aromatic nitrogens is 2. The molecule has 1 aromatic heterocycles. The van der Waals surface area contributed by atoms with E-state index in [0.29, 0.717) is 0 Å². The van der Waals surface area contributed by atoms with Crippen molar-refractivity contribution in [3.05, 3.63) is 18.7 Å². The zero-order chi connectivity index (χ0) is 15.9. The van der Waals surface area contributed by atoms with E-state index < -0.39 is 7.25 Å². The van der Waals surface area contributed by atoms with Crippen LogP contribution >= 0.6 is 0 Å². The fraction of sp³-hybridized carbons (Fsp3) is 0.667. The molecule has 21 heavy (non-hydrogen) atoms. The molecule has 1 aliphatic rings. The van der Waals surface area contributed by atoms with Gasteiger partial charge in [0.25, 0.3) is 0 Å². The van der Waals surface area contributed by atoms with E-state index in [0.717, 1.165) is 25.9 Å². The number of carbonyl (C=O) groups is 1. The Bertz CT molecular complexity index is 426. The first-order valence-corrected chi connectivity index (χ1v) is 6.98. The summed E-state index contributed by atoms with van der Waals surface area (Å²) in [7, 11) is -6.00. The molecule has 9 heteroatoms. The van der Waals surface area contributed by atoms with E-state index in [1.165, 1.54) is 19.3 Å². The monoisotopic (exact) mass is 309 g/mol. The first-order valence-electron chi connectivity index (χ1n) is 6.98. The Morgan fingerprint density at radius 2 is 1.81 bits per heavy atom. The van der Waals surface area contributed by atoms with Crippen LogP contribution in [-0.2, 0) is 11.3 Å². The van der Waals surface area contributed by atoms with Crippen LogP contribution in [0.1, 0.15) is 32.4 Å². The van der Waals surface area contributed by atoms with E-state index in [2.05, 4.69) is 16.4 Å². The molecular formula is C12H20BF4N3O. The molecule has 0 bridgehead atoms. The normalized spacial score (nSPS) is 17.8. The van der Waals surface area contributed by atoms with Crippen molar-refractivity contribution >= 4 is 13.5 Å². The molecule has 0 aliphatic carbocycles. The lowest BCUT2D eigenvalue weighted by Gasteiger charge is -2.28. The molecule has 1 aromatic rings. The van der Waals surface area contributed by atoms with Crippen LogP contribution in [0.15, 0.2) is 18.7 Å². The summed E-state index contributed by atoms with van der Waals surface area (Å²) in [5.74, 6) is 0. The molecule has 120 valence electrons. The fourth-order valence-corrected chi connectivity index (χ4v) is 2.28. The van der Waals surface area contributed by atoms with Gasteiger partial charge in [-0.3, -0.25) is 9.69 Å². The van der Waals surface area contributed by atoms with Crippen molar-refractivity contribution in [1.29, 1.82) is 0 Å². The molecule has 0 N–H and O–H groups in total. The molecule has 2 heterocycles. The van der Waals surface area contributed by atoms with E-state index >= 15 is 0 Å². The molecule has 1 saturated heterocycles. The average molecular weight is 309 g/mol. The highest BCUT2D eigenvalue weighted by Crippen LogP contribution is 2.17. The topological polar surface area (TPSA) is 29.1 Å². The third-order valence-electron chi connectivity index (χ3n) is 3.27. The number of hydrogen-bond acceptors (Lipinski definition) is 2. The third-order valence-corrected chi connectivity index (χ3v) is 3.27. The molecule has 1 aliphatic heterocycles. The number of rotatable bonds is 4. The van der Waals surface area contributed by atoms with Crippen molar-refractivity contribution in [2.45, 2.75) is 38.9 Å². The van der Waals surface area contributed by atoms with Gasteiger partial charge in [0.05, 0.1) is 6.54 Å². The van der Waals surface area contributed by atoms with Gasteiger partial charge in [-0.15, -0.1) is 0 Å². The third kappa shape index (κ3) is 6.75. The summed E-state index contributed by atoms with van der Waals surface area (Å²) in [6.45, 7) is 5.11. The Kier molecular flexibility index (Phi) is 6.87. The maximum absolute atomic E-state index is 11.2. The van der Waals surface area contributed by atoms with E-state index in [1.807, 2.05) is 23.3 Å². The molecule has 0 radical (unpaired) electrons. The Labute approximate surface area is 121 Å². The number of aldehydes is 1. The van der Waals surface area contributed by atoms with Crippen LogP contribution in [0, 0.1) is 0 Å². The lowest BCUT2D eigenvalue weighted by atomic mass is 10.1. The molecule has 1 unspecified atom stereocenters. The van der Waals surface area contributed by atoms with Crippen molar-refractivity contribution in [2.24, 2.45) is 0 Å². The van der Waals surface area contributed by atoms with Gasteiger partial charge in [0.2, 0.25) is 12.5 Å². The molecular weight excluding hydrogens is 289 g/mol. The number of likely N-dealkylation sites (tertiary alicyclic amines) is 1. The number of carbonyl (C=O) groups excluding carboxylic acids is 1. The molecule has 0 aromatic carbocycles. The summed E-state index contributed by atoms with van der Waals surface area (Å²) in [6.07, 6.45) is 10.6. The molecule has 2 rings (SSSR count). The predicted molar refractivity (Wildman–Crippen MR) is 71.0 cm³/mol. The van der Waals surface area contributed by atoms with Gasteiger partial charge in [-0.05, 0) is 19.8 Å². The molecule has 1 fully saturated rings. The molecule has 0 amide bonds. The summed E-state index contributed by atoms with van der Waals surface area (Å²) < 4.78 is 43.1. The second kappa shape index (κ2) is 8.16. The van der Waals surface area contributed by atoms with Crippen molar-refractivity contribution < 1.29 is 26.6 Å². The van der Waals surface area contributed by atoms with Crippen molar-refractivity contribution in [3.8, 4) is 0 Å². The first-order chi connectivity index (χ1) is 9.85. The Morgan fingerprint density at radius 3 is 2.24 bits per heavy atom. The number of hydrogen-bond donors (Lipinski definition) is 0. The van der Waals surface area contributed by atoms with Gasteiger partial charge >= 0.3 is 7.25 Å². The van der Waals surface area contributed by atoms with E-state index in [-0.39, 0.29) is 6.17 Å². The summed E-state index contributed by atoms with van der Waals surface area (Å²) in [5, 5.41) is 0. The predicted octanol–water partition coefficient (Wildman–Crippen LogP) is 2.28. The van der Waals surface area contributed by atoms with Crippen LogP contribution in [0.5, 0.6) is 0 Å². The fourth-order valence-electron chi connectivity index (χ4n) is 2.28. The van der Waals surface area contributed by atoms with E-state index in [4.69, 9.17) is 0 Å². The highest BCUT2D eigenvalue weighted by Gasteiger charge is 2.25. The summed E-state index contributed by atoms with van der Waals surface area (Å²) in [5.41, 5.74) is 0. The van der Waals surface area contributed by atoms with Crippen LogP contribution in [-0.4, -0.2) is 36.1 Å². The molecule has 1 atom stereocenters. The van der Waals surface area contributed by atoms with Gasteiger partial charge in [-0.25, -0.2) is 9.13 Å². The quantitative estimate of drug-likeness (QED) is 0.369. The van der Waals surface area contributed by atoms with E-state index in [9.17, 15) is 22.1 Å². The minimum Gasteiger partial charge on any atom is -0.418 e. The van der Waals surface area contributed by atoms with E-state index in [1.54, 1.807) is 0 Å². The largest absolute Gasteiger partial charge is 0.673 e. The van der Waals surface area contributed by atoms with Crippen molar-refractivity contribution in [1.82, 2.24) is 9.47 Å². The van der Waals surface area contributed by atoms with Gasteiger partial charge in [0.15, 0.2) is 6.29 Å². The minimum atomic E-state index is -6.00. The summed E-state index contributed by atoms with van der Waals surface area (Å²) >= 11 is 0. The maximum Gasteiger partial charge on any atom is 0.673 e. The molecule has 0 saturated carbocycles. The summed E-state index contributed by atoms with van der Waals surface area (Å²) in [4.78, 5) is 13.5. The maximum atomic E-state index is 11.2. The number of aryl methyl sites for hydroxylation is 1. The highest BCUT2D eigenvalue weighted by atomic mass is 19.5. The standard InChI is InChI=1S/C12H20N3O.BF4/c1-2-13-8-9-15(11-13)12(10-16)14-6-4-3-5-7-14;2-1(3,4)5/h8-12H,2-7H2,1H3;/q+1;-1. The van der Waals surface area contributed by atoms with Gasteiger partial charge in [-0.2, -0.15) is 0 Å². The zero-order valence-electron chi connectivity index (χ0n) is 12.0. The van der Waals surface area contributed by atoms with Gasteiger partial charge < -0.3 is 17.3 Å². The van der Waals surface area contributed by atoms with Crippen molar-refractivity contribution in [2.75, 3.05) is 13.1 Å². The summed E-state index contributed by atoms with van der Waals surface area (Å²) in [6, 6.07) is 0. The zero-order valence-corrected chi connectivity index (χ0v) is 12.0. The highest BCUT2D eigenvalue weighted by molar-refractivity contribution is 6.50. The molecule has 4 nitrogen and oxygen atoms in total. The second-order valence-electron chi connectivity index (χ2n) is 4.83. The second-order valence-corrected chi connectivity index (χ2v) is 4.83. The van der Waals surface area contributed by atoms with Gasteiger partial charge in [0.1, 0.15) is 12.4 Å². The van der Waals surface area contributed by atoms with Gasteiger partial charge in [-0.1, -0.05) is 6.42 Å². The van der Waals surface area contributed by atoms with Crippen LogP contribution in [0.3, 0.4) is 0 Å². The number of halogens is 4. The lowest BCUT2D eigenvalue weighted by Crippen LogP contribution is -2.38. The Hall–Kier alpha value is -1.38. The van der Waals surface area contributed by atoms with Crippen molar-refractivity contribution in [3.63, 3.8) is 0 Å². The number of piperidine rings is 1. The number of imidazole rings is 1. The lowest BCUT2D eigenvalue weighted by molar-refractivity contribution is -0.693. The Morgan fingerprint density at radius 1 is 1.24 bits per heavy atom. The van der Waals surface area contributed by atoms with Crippen LogP contribution in [0.4, 0.5) is 17.3 Å². The van der Waals surface area contributed by atoms with Gasteiger partial charge in [0, 0.05) is 13.1 Å². The molecule has 0 spiro atoms. The average Bonchev–Trinajstić information content (AvgIpc) is 2.88. The SMILES string of the molecule is CC[n+]1ccn(C(C=O)N2CCCCC2)c1.F[B-](F)(F)F. The smallest absolute Gasteiger partial charge is 0.418 e.